The summed E-state index contributed by atoms with van der Waals surface area (Å²) in [4.78, 5) is 31.7. The van der Waals surface area contributed by atoms with E-state index < -0.39 is 17.6 Å². The minimum Gasteiger partial charge on any atom is -0.479 e. The van der Waals surface area contributed by atoms with E-state index in [4.69, 9.17) is 4.74 Å². The van der Waals surface area contributed by atoms with Crippen LogP contribution in [-0.2, 0) is 9.53 Å². The minimum atomic E-state index is -0.933. The molecule has 1 amide bonds. The zero-order valence-electron chi connectivity index (χ0n) is 21.7. The number of hydrogen-bond donors (Lipinski definition) is 2. The summed E-state index contributed by atoms with van der Waals surface area (Å²) in [6.07, 6.45) is 14.9. The summed E-state index contributed by atoms with van der Waals surface area (Å²) in [5, 5.41) is 17.0. The van der Waals surface area contributed by atoms with Gasteiger partial charge < -0.3 is 25.0 Å². The minimum absolute atomic E-state index is 0.320. The van der Waals surface area contributed by atoms with Crippen LogP contribution in [0.3, 0.4) is 0 Å². The average Bonchev–Trinajstić information content (AvgIpc) is 3.33. The van der Waals surface area contributed by atoms with Crippen molar-refractivity contribution in [1.29, 1.82) is 0 Å². The van der Waals surface area contributed by atoms with Crippen molar-refractivity contribution < 1.29 is 19.4 Å². The molecule has 0 spiro atoms. The van der Waals surface area contributed by atoms with Crippen LogP contribution in [0.4, 0.5) is 10.5 Å². The van der Waals surface area contributed by atoms with Gasteiger partial charge in [0.1, 0.15) is 5.60 Å². The highest BCUT2D eigenvalue weighted by Crippen LogP contribution is 2.31. The molecule has 3 heterocycles. The summed E-state index contributed by atoms with van der Waals surface area (Å²) in [6.45, 7) is 9.58. The lowest BCUT2D eigenvalue weighted by Gasteiger charge is -2.36. The number of carboxylic acid groups (broad SMARTS) is 1. The fourth-order valence-corrected chi connectivity index (χ4v) is 5.39. The number of carboxylic acids is 1. The third-order valence-electron chi connectivity index (χ3n) is 7.33. The first-order valence-corrected chi connectivity index (χ1v) is 13.1. The number of anilines is 1. The van der Waals surface area contributed by atoms with Gasteiger partial charge in [-0.3, -0.25) is 9.67 Å². The molecule has 4 rings (SSSR count). The number of ether oxygens (including phenoxy) is 1. The fraction of sp³-hybridized carbons (Fsp3) is 0.692. The molecule has 1 aromatic heterocycles. The molecule has 2 fully saturated rings. The van der Waals surface area contributed by atoms with Gasteiger partial charge in [-0.25, -0.2) is 9.59 Å². The zero-order valence-corrected chi connectivity index (χ0v) is 21.7. The Kier molecular flexibility index (Phi) is 8.33. The van der Waals surface area contributed by atoms with Crippen molar-refractivity contribution in [2.24, 2.45) is 16.8 Å². The number of aliphatic carboxylic acids is 1. The van der Waals surface area contributed by atoms with Crippen LogP contribution in [0.1, 0.15) is 65.3 Å². The molecule has 0 radical (unpaired) electrons. The van der Waals surface area contributed by atoms with Crippen LogP contribution in [0.25, 0.3) is 0 Å². The van der Waals surface area contributed by atoms with Crippen LogP contribution in [0.5, 0.6) is 0 Å². The summed E-state index contributed by atoms with van der Waals surface area (Å²) in [6, 6.07) is -0.479. The number of amides is 1. The first-order chi connectivity index (χ1) is 17.2. The maximum atomic E-state index is 11.9. The predicted molar refractivity (Wildman–Crippen MR) is 138 cm³/mol. The fourth-order valence-electron chi connectivity index (χ4n) is 5.39. The molecule has 2 aliphatic heterocycles. The summed E-state index contributed by atoms with van der Waals surface area (Å²) in [7, 11) is 0. The van der Waals surface area contributed by atoms with E-state index >= 15 is 0 Å². The van der Waals surface area contributed by atoms with Crippen LogP contribution in [-0.4, -0.2) is 75.9 Å². The second-order valence-electron chi connectivity index (χ2n) is 11.3. The Labute approximate surface area is 213 Å². The van der Waals surface area contributed by atoms with Gasteiger partial charge in [-0.05, 0) is 71.1 Å². The Hall–Kier alpha value is -2.88. The Morgan fingerprint density at radius 1 is 1.11 bits per heavy atom. The summed E-state index contributed by atoms with van der Waals surface area (Å²) >= 11 is 0. The molecule has 3 aliphatic rings. The molecule has 198 valence electrons. The van der Waals surface area contributed by atoms with Gasteiger partial charge in [0.2, 0.25) is 0 Å². The van der Waals surface area contributed by atoms with Crippen LogP contribution in [0, 0.1) is 11.8 Å². The van der Waals surface area contributed by atoms with E-state index in [1.165, 1.54) is 19.1 Å². The highest BCUT2D eigenvalue weighted by Gasteiger charge is 2.29. The van der Waals surface area contributed by atoms with Gasteiger partial charge in [-0.1, -0.05) is 0 Å². The van der Waals surface area contributed by atoms with E-state index in [1.807, 2.05) is 31.6 Å². The average molecular weight is 501 g/mol. The number of nitrogens with zero attached hydrogens (tertiary/aromatic N) is 5. The number of aromatic nitrogens is 2. The van der Waals surface area contributed by atoms with E-state index in [0.717, 1.165) is 56.9 Å². The Morgan fingerprint density at radius 2 is 1.81 bits per heavy atom. The lowest BCUT2D eigenvalue weighted by molar-refractivity contribution is -0.136. The molecule has 10 nitrogen and oxygen atoms in total. The normalized spacial score (nSPS) is 25.6. The van der Waals surface area contributed by atoms with Crippen LogP contribution in [0.15, 0.2) is 29.8 Å². The first kappa shape index (κ1) is 26.2. The molecule has 36 heavy (non-hydrogen) atoms. The number of carbonyl (C=O) groups is 2. The van der Waals surface area contributed by atoms with Crippen molar-refractivity contribution in [3.05, 3.63) is 24.8 Å². The Morgan fingerprint density at radius 3 is 2.47 bits per heavy atom. The van der Waals surface area contributed by atoms with Gasteiger partial charge in [0, 0.05) is 51.0 Å². The van der Waals surface area contributed by atoms with Crippen LogP contribution in [0.2, 0.25) is 0 Å². The predicted octanol–water partition coefficient (Wildman–Crippen LogP) is 3.67. The van der Waals surface area contributed by atoms with Crippen molar-refractivity contribution in [3.63, 3.8) is 0 Å². The number of carbonyl (C=O) groups excluding carboxylic acids is 1. The number of nitrogens with one attached hydrogen (secondary N) is 1. The Balaban J connectivity index is 1.17. The van der Waals surface area contributed by atoms with E-state index in [1.54, 1.807) is 23.5 Å². The molecule has 1 aromatic rings. The Bertz CT molecular complexity index is 952. The van der Waals surface area contributed by atoms with E-state index in [0.29, 0.717) is 18.5 Å². The van der Waals surface area contributed by atoms with Crippen molar-refractivity contribution in [1.82, 2.24) is 20.0 Å². The van der Waals surface area contributed by atoms with Crippen molar-refractivity contribution >= 4 is 24.0 Å². The second kappa shape index (κ2) is 11.5. The summed E-state index contributed by atoms with van der Waals surface area (Å²) in [5.74, 6) is 0.323. The maximum absolute atomic E-state index is 11.9. The molecule has 1 unspecified atom stereocenters. The topological polar surface area (TPSA) is 112 Å². The summed E-state index contributed by atoms with van der Waals surface area (Å²) < 4.78 is 7.33. The largest absolute Gasteiger partial charge is 0.479 e. The number of rotatable bonds is 7. The highest BCUT2D eigenvalue weighted by molar-refractivity contribution is 5.98. The molecule has 1 saturated carbocycles. The van der Waals surface area contributed by atoms with Gasteiger partial charge in [-0.15, -0.1) is 0 Å². The SMILES string of the molecule is CC(C)(C)OC(=O)NCC1CCC(CN2CCC(n3cc(N4C=CN=CC4C(=O)O)cn3)CC2)CC1. The third kappa shape index (κ3) is 7.09. The van der Waals surface area contributed by atoms with Gasteiger partial charge in [0.25, 0.3) is 0 Å². The smallest absolute Gasteiger partial charge is 0.407 e. The van der Waals surface area contributed by atoms with Crippen molar-refractivity contribution in [2.75, 3.05) is 31.1 Å². The molecular formula is C26H40N6O4. The van der Waals surface area contributed by atoms with Crippen molar-refractivity contribution in [3.8, 4) is 0 Å². The van der Waals surface area contributed by atoms with E-state index in [-0.39, 0.29) is 6.09 Å². The lowest BCUT2D eigenvalue weighted by atomic mass is 9.81. The number of aliphatic imine (C=N–C) groups is 1. The van der Waals surface area contributed by atoms with E-state index in [9.17, 15) is 14.7 Å². The molecular weight excluding hydrogens is 460 g/mol. The number of likely N-dealkylation sites (tertiary alicyclic amines) is 1. The first-order valence-electron chi connectivity index (χ1n) is 13.1. The highest BCUT2D eigenvalue weighted by atomic mass is 16.6. The van der Waals surface area contributed by atoms with Crippen LogP contribution < -0.4 is 10.2 Å². The molecule has 1 atom stereocenters. The zero-order chi connectivity index (χ0) is 25.7. The monoisotopic (exact) mass is 500 g/mol. The molecule has 1 aliphatic carbocycles. The number of alkyl carbamates (subject to hydrolysis) is 1. The second-order valence-corrected chi connectivity index (χ2v) is 11.3. The summed E-state index contributed by atoms with van der Waals surface area (Å²) in [5.41, 5.74) is 0.309. The molecule has 0 bridgehead atoms. The third-order valence-corrected chi connectivity index (χ3v) is 7.33. The number of hydrogen-bond acceptors (Lipinski definition) is 7. The number of piperidine rings is 1. The standard InChI is InChI=1S/C26H40N6O4/c1-26(2,3)36-25(35)28-14-19-4-6-20(7-5-19)17-30-11-8-21(9-12-30)32-18-22(15-29-32)31-13-10-27-16-23(31)24(33)34/h10,13,15-16,18-21,23H,4-9,11-12,14,17H2,1-3H3,(H,28,35)(H,33,34). The van der Waals surface area contributed by atoms with Crippen molar-refractivity contribution in [2.45, 2.75) is 77.0 Å². The quantitative estimate of drug-likeness (QED) is 0.587. The molecule has 10 heteroatoms. The molecule has 2 N–H and O–H groups in total. The molecule has 0 aromatic carbocycles. The van der Waals surface area contributed by atoms with E-state index in [2.05, 4.69) is 20.3 Å². The van der Waals surface area contributed by atoms with Gasteiger partial charge in [0.15, 0.2) is 6.04 Å². The maximum Gasteiger partial charge on any atom is 0.407 e. The van der Waals surface area contributed by atoms with Gasteiger partial charge in [0.05, 0.1) is 17.9 Å². The van der Waals surface area contributed by atoms with Gasteiger partial charge >= 0.3 is 12.1 Å². The molecule has 1 saturated heterocycles. The van der Waals surface area contributed by atoms with Gasteiger partial charge in [-0.2, -0.15) is 5.10 Å². The van der Waals surface area contributed by atoms with Crippen LogP contribution >= 0.6 is 0 Å². The lowest BCUT2D eigenvalue weighted by Crippen LogP contribution is -2.40.